The summed E-state index contributed by atoms with van der Waals surface area (Å²) in [5.74, 6) is 1.68. The standard InChI is InChI=1S/C32H31ClN4O3S/c1-20-13-16-36(17-14-20)26-10-9-23(19-24(26)33)37-30(29(35-32(37)41)25-8-3-4-15-34-25)28-12-11-27(40-28)21-6-5-7-22(18-21)31(38)39-2/h3-12,15,18-20,29-30H,13-14,16-17H2,1-2H3,(H,35,41)/t29-,30+/m0/s1. The molecule has 2 fully saturated rings. The minimum Gasteiger partial charge on any atom is -0.465 e. The molecule has 2 saturated heterocycles. The quantitative estimate of drug-likeness (QED) is 0.188. The van der Waals surface area contributed by atoms with Gasteiger partial charge in [-0.2, -0.15) is 0 Å². The zero-order valence-electron chi connectivity index (χ0n) is 22.9. The number of anilines is 2. The predicted octanol–water partition coefficient (Wildman–Crippen LogP) is 7.20. The number of esters is 1. The molecule has 0 unspecified atom stereocenters. The van der Waals surface area contributed by atoms with Crippen molar-refractivity contribution in [2.24, 2.45) is 5.92 Å². The van der Waals surface area contributed by atoms with E-state index in [4.69, 9.17) is 33.0 Å². The molecule has 4 aromatic rings. The normalized spacial score (nSPS) is 19.3. The van der Waals surface area contributed by atoms with E-state index in [2.05, 4.69) is 39.2 Å². The Balaban J connectivity index is 1.37. The maximum absolute atomic E-state index is 12.1. The largest absolute Gasteiger partial charge is 0.465 e. The summed E-state index contributed by atoms with van der Waals surface area (Å²) in [4.78, 5) is 21.2. The lowest BCUT2D eigenvalue weighted by Crippen LogP contribution is -2.33. The number of nitrogens with zero attached hydrogens (tertiary/aromatic N) is 3. The van der Waals surface area contributed by atoms with Crippen LogP contribution in [-0.2, 0) is 4.74 Å². The first-order valence-corrected chi connectivity index (χ1v) is 14.5. The van der Waals surface area contributed by atoms with Crippen molar-refractivity contribution in [3.8, 4) is 11.3 Å². The Morgan fingerprint density at radius 1 is 1.07 bits per heavy atom. The number of halogens is 1. The first-order valence-electron chi connectivity index (χ1n) is 13.8. The van der Waals surface area contributed by atoms with Crippen LogP contribution in [0.4, 0.5) is 11.4 Å². The van der Waals surface area contributed by atoms with E-state index < -0.39 is 5.97 Å². The molecule has 0 spiro atoms. The number of piperidine rings is 1. The lowest BCUT2D eigenvalue weighted by Gasteiger charge is -2.33. The first kappa shape index (κ1) is 27.3. The van der Waals surface area contributed by atoms with Crippen molar-refractivity contribution in [1.29, 1.82) is 0 Å². The molecule has 4 heterocycles. The Kier molecular flexibility index (Phi) is 7.69. The highest BCUT2D eigenvalue weighted by Crippen LogP contribution is 2.44. The molecule has 0 amide bonds. The Labute approximate surface area is 250 Å². The average molecular weight is 587 g/mol. The van der Waals surface area contributed by atoms with Crippen LogP contribution < -0.4 is 15.1 Å². The molecule has 0 radical (unpaired) electrons. The molecule has 9 heteroatoms. The summed E-state index contributed by atoms with van der Waals surface area (Å²) in [6, 6.07) is 22.5. The van der Waals surface area contributed by atoms with E-state index in [-0.39, 0.29) is 12.1 Å². The minimum absolute atomic E-state index is 0.258. The van der Waals surface area contributed by atoms with Gasteiger partial charge < -0.3 is 24.3 Å². The third-order valence-corrected chi connectivity index (χ3v) is 8.54. The van der Waals surface area contributed by atoms with Gasteiger partial charge in [0.15, 0.2) is 5.11 Å². The highest BCUT2D eigenvalue weighted by molar-refractivity contribution is 7.80. The number of pyridine rings is 1. The maximum atomic E-state index is 12.1. The number of rotatable bonds is 6. The number of furan rings is 1. The molecule has 2 atom stereocenters. The number of thiocarbonyl (C=S) groups is 1. The van der Waals surface area contributed by atoms with Crippen molar-refractivity contribution in [3.63, 3.8) is 0 Å². The van der Waals surface area contributed by atoms with Gasteiger partial charge in [0.2, 0.25) is 0 Å². The van der Waals surface area contributed by atoms with Crippen molar-refractivity contribution < 1.29 is 13.9 Å². The molecule has 210 valence electrons. The topological polar surface area (TPSA) is 70.8 Å². The van der Waals surface area contributed by atoms with Crippen molar-refractivity contribution in [1.82, 2.24) is 10.3 Å². The van der Waals surface area contributed by atoms with Crippen LogP contribution in [0.25, 0.3) is 11.3 Å². The van der Waals surface area contributed by atoms with Crippen molar-refractivity contribution in [2.75, 3.05) is 30.0 Å². The highest BCUT2D eigenvalue weighted by atomic mass is 35.5. The van der Waals surface area contributed by atoms with Gasteiger partial charge in [-0.3, -0.25) is 4.98 Å². The molecular formula is C32H31ClN4O3S. The van der Waals surface area contributed by atoms with E-state index in [1.54, 1.807) is 18.3 Å². The number of ether oxygens (including phenoxy) is 1. The molecule has 0 aliphatic carbocycles. The lowest BCUT2D eigenvalue weighted by molar-refractivity contribution is 0.0601. The zero-order chi connectivity index (χ0) is 28.5. The smallest absolute Gasteiger partial charge is 0.337 e. The van der Waals surface area contributed by atoms with Crippen LogP contribution in [0.1, 0.15) is 53.7 Å². The number of hydrogen-bond donors (Lipinski definition) is 1. The fourth-order valence-corrected chi connectivity index (χ4v) is 6.30. The second kappa shape index (κ2) is 11.5. The summed E-state index contributed by atoms with van der Waals surface area (Å²) in [7, 11) is 1.37. The minimum atomic E-state index is -0.398. The van der Waals surface area contributed by atoms with Gasteiger partial charge in [-0.15, -0.1) is 0 Å². The first-order chi connectivity index (χ1) is 19.9. The number of benzene rings is 2. The molecule has 2 aliphatic rings. The van der Waals surface area contributed by atoms with Gasteiger partial charge in [0, 0.05) is 30.5 Å². The van der Waals surface area contributed by atoms with Crippen LogP contribution >= 0.6 is 23.8 Å². The highest BCUT2D eigenvalue weighted by Gasteiger charge is 2.43. The number of methoxy groups -OCH3 is 1. The summed E-state index contributed by atoms with van der Waals surface area (Å²) in [6.07, 6.45) is 4.10. The zero-order valence-corrected chi connectivity index (χ0v) is 24.5. The van der Waals surface area contributed by atoms with E-state index in [1.807, 2.05) is 48.5 Å². The van der Waals surface area contributed by atoms with E-state index in [9.17, 15) is 4.79 Å². The molecule has 6 rings (SSSR count). The summed E-state index contributed by atoms with van der Waals surface area (Å²) < 4.78 is 11.4. The summed E-state index contributed by atoms with van der Waals surface area (Å²) >= 11 is 12.8. The Morgan fingerprint density at radius 3 is 2.63 bits per heavy atom. The third kappa shape index (κ3) is 5.42. The summed E-state index contributed by atoms with van der Waals surface area (Å²) in [5.41, 5.74) is 3.99. The van der Waals surface area contributed by atoms with E-state index in [0.717, 1.165) is 54.5 Å². The molecular weight excluding hydrogens is 556 g/mol. The average Bonchev–Trinajstić information content (AvgIpc) is 3.62. The van der Waals surface area contributed by atoms with Crippen molar-refractivity contribution >= 4 is 46.3 Å². The Hall–Kier alpha value is -3.88. The van der Waals surface area contributed by atoms with E-state index in [0.29, 0.717) is 27.2 Å². The molecule has 1 N–H and O–H groups in total. The molecule has 7 nitrogen and oxygen atoms in total. The van der Waals surface area contributed by atoms with Crippen LogP contribution in [0.2, 0.25) is 5.02 Å². The fraction of sp³-hybridized carbons (Fsp3) is 0.281. The van der Waals surface area contributed by atoms with Crippen LogP contribution in [0.15, 0.2) is 83.4 Å². The van der Waals surface area contributed by atoms with Gasteiger partial charge in [-0.05, 0) is 85.6 Å². The van der Waals surface area contributed by atoms with Crippen LogP contribution in [0.5, 0.6) is 0 Å². The van der Waals surface area contributed by atoms with Gasteiger partial charge in [-0.25, -0.2) is 4.79 Å². The number of aromatic nitrogens is 1. The van der Waals surface area contributed by atoms with Crippen molar-refractivity contribution in [3.05, 3.63) is 101 Å². The summed E-state index contributed by atoms with van der Waals surface area (Å²) in [6.45, 7) is 4.30. The summed E-state index contributed by atoms with van der Waals surface area (Å²) in [5, 5.41) is 4.73. The molecule has 41 heavy (non-hydrogen) atoms. The molecule has 0 saturated carbocycles. The maximum Gasteiger partial charge on any atom is 0.337 e. The van der Waals surface area contributed by atoms with E-state index >= 15 is 0 Å². The monoisotopic (exact) mass is 586 g/mol. The van der Waals surface area contributed by atoms with Crippen LogP contribution in [0, 0.1) is 5.92 Å². The molecule has 2 aromatic heterocycles. The Bertz CT molecular complexity index is 1570. The number of hydrogen-bond acceptors (Lipinski definition) is 6. The van der Waals surface area contributed by atoms with Crippen molar-refractivity contribution in [2.45, 2.75) is 31.8 Å². The molecule has 0 bridgehead atoms. The van der Waals surface area contributed by atoms with E-state index in [1.165, 1.54) is 7.11 Å². The van der Waals surface area contributed by atoms with Crippen LogP contribution in [-0.4, -0.2) is 36.3 Å². The predicted molar refractivity (Wildman–Crippen MR) is 165 cm³/mol. The van der Waals surface area contributed by atoms with Gasteiger partial charge >= 0.3 is 5.97 Å². The molecule has 2 aliphatic heterocycles. The second-order valence-corrected chi connectivity index (χ2v) is 11.4. The SMILES string of the molecule is COC(=O)c1cccc(-c2ccc([C@@H]3[C@H](c4ccccn4)NC(=S)N3c3ccc(N4CCC(C)CC4)c(Cl)c3)o2)c1. The number of carbonyl (C=O) groups excluding carboxylic acids is 1. The number of nitrogens with one attached hydrogen (secondary N) is 1. The van der Waals surface area contributed by atoms with Gasteiger partial charge in [0.05, 0.1) is 35.1 Å². The van der Waals surface area contributed by atoms with Gasteiger partial charge in [0.25, 0.3) is 0 Å². The van der Waals surface area contributed by atoms with Gasteiger partial charge in [0.1, 0.15) is 17.6 Å². The molecule has 2 aromatic carbocycles. The van der Waals surface area contributed by atoms with Crippen LogP contribution in [0.3, 0.4) is 0 Å². The van der Waals surface area contributed by atoms with Gasteiger partial charge in [-0.1, -0.05) is 36.7 Å². The Morgan fingerprint density at radius 2 is 1.90 bits per heavy atom. The fourth-order valence-electron chi connectivity index (χ4n) is 5.66. The lowest BCUT2D eigenvalue weighted by atomic mass is 9.98. The number of carbonyl (C=O) groups is 1. The third-order valence-electron chi connectivity index (χ3n) is 7.92. The second-order valence-electron chi connectivity index (χ2n) is 10.6.